The van der Waals surface area contributed by atoms with E-state index >= 15 is 0 Å². The molecule has 1 aliphatic rings. The van der Waals surface area contributed by atoms with Crippen molar-refractivity contribution >= 4 is 11.9 Å². The van der Waals surface area contributed by atoms with Crippen molar-refractivity contribution in [2.24, 2.45) is 10.8 Å². The van der Waals surface area contributed by atoms with E-state index in [2.05, 4.69) is 21.1 Å². The molecule has 1 unspecified atom stereocenters. The SMILES string of the molecule is CCNC(=O)C(C)NC(=NC1CCCCC1)NN. The number of nitrogens with one attached hydrogen (secondary N) is 3. The standard InChI is InChI=1S/C12H25N5O/c1-3-14-11(18)9(2)15-12(17-13)16-10-7-5-4-6-8-10/h9-10H,3-8,13H2,1-2H3,(H,14,18)(H2,15,16,17). The predicted molar refractivity (Wildman–Crippen MR) is 72.9 cm³/mol. The van der Waals surface area contributed by atoms with Crippen LogP contribution in [0.5, 0.6) is 0 Å². The van der Waals surface area contributed by atoms with Gasteiger partial charge in [-0.3, -0.25) is 10.2 Å². The molecular formula is C12H25N5O. The van der Waals surface area contributed by atoms with Crippen molar-refractivity contribution in [2.45, 2.75) is 58.0 Å². The fraction of sp³-hybridized carbons (Fsp3) is 0.833. The van der Waals surface area contributed by atoms with Gasteiger partial charge in [-0.25, -0.2) is 10.8 Å². The van der Waals surface area contributed by atoms with Crippen LogP contribution in [0.1, 0.15) is 46.0 Å². The normalized spacial score (nSPS) is 19.2. The highest BCUT2D eigenvalue weighted by Crippen LogP contribution is 2.19. The molecule has 18 heavy (non-hydrogen) atoms. The predicted octanol–water partition coefficient (Wildman–Crippen LogP) is 0.253. The third-order valence-electron chi connectivity index (χ3n) is 3.12. The summed E-state index contributed by atoms with van der Waals surface area (Å²) in [7, 11) is 0. The Bertz CT molecular complexity index is 286. The van der Waals surface area contributed by atoms with Gasteiger partial charge < -0.3 is 10.6 Å². The Kier molecular flexibility index (Phi) is 6.49. The lowest BCUT2D eigenvalue weighted by Gasteiger charge is -2.21. The molecule has 0 radical (unpaired) electrons. The number of aliphatic imine (C=N–C) groups is 1. The van der Waals surface area contributed by atoms with Crippen LogP contribution in [-0.4, -0.2) is 30.5 Å². The van der Waals surface area contributed by atoms with Gasteiger partial charge in [-0.15, -0.1) is 0 Å². The number of nitrogens with zero attached hydrogens (tertiary/aromatic N) is 1. The number of carbonyl (C=O) groups is 1. The average Bonchev–Trinajstić information content (AvgIpc) is 2.39. The number of rotatable bonds is 4. The summed E-state index contributed by atoms with van der Waals surface area (Å²) >= 11 is 0. The fourth-order valence-electron chi connectivity index (χ4n) is 2.11. The molecule has 5 N–H and O–H groups in total. The lowest BCUT2D eigenvalue weighted by atomic mass is 9.96. The fourth-order valence-corrected chi connectivity index (χ4v) is 2.11. The number of hydrogen-bond donors (Lipinski definition) is 4. The van der Waals surface area contributed by atoms with E-state index in [1.165, 1.54) is 19.3 Å². The van der Waals surface area contributed by atoms with E-state index in [4.69, 9.17) is 5.84 Å². The molecule has 1 amide bonds. The molecule has 1 saturated carbocycles. The summed E-state index contributed by atoms with van der Waals surface area (Å²) in [6, 6.07) is -0.0259. The first-order chi connectivity index (χ1) is 8.67. The molecule has 1 aliphatic carbocycles. The number of nitrogens with two attached hydrogens (primary N) is 1. The van der Waals surface area contributed by atoms with Crippen LogP contribution in [0.4, 0.5) is 0 Å². The number of amides is 1. The molecule has 0 saturated heterocycles. The number of hydrazine groups is 1. The van der Waals surface area contributed by atoms with Crippen molar-refractivity contribution in [3.05, 3.63) is 0 Å². The van der Waals surface area contributed by atoms with Crippen molar-refractivity contribution in [3.8, 4) is 0 Å². The Morgan fingerprint density at radius 2 is 2.06 bits per heavy atom. The van der Waals surface area contributed by atoms with Crippen molar-refractivity contribution in [2.75, 3.05) is 6.54 Å². The van der Waals surface area contributed by atoms with Crippen LogP contribution >= 0.6 is 0 Å². The van der Waals surface area contributed by atoms with Crippen LogP contribution in [-0.2, 0) is 4.79 Å². The molecule has 6 heteroatoms. The van der Waals surface area contributed by atoms with Crippen LogP contribution < -0.4 is 21.9 Å². The van der Waals surface area contributed by atoms with E-state index in [9.17, 15) is 4.79 Å². The molecule has 0 aromatic carbocycles. The van der Waals surface area contributed by atoms with E-state index in [1.54, 1.807) is 6.92 Å². The quantitative estimate of drug-likeness (QED) is 0.251. The van der Waals surface area contributed by atoms with Gasteiger partial charge in [0.25, 0.3) is 0 Å². The van der Waals surface area contributed by atoms with Gasteiger partial charge >= 0.3 is 0 Å². The van der Waals surface area contributed by atoms with Gasteiger partial charge in [0, 0.05) is 6.54 Å². The van der Waals surface area contributed by atoms with Crippen LogP contribution in [0, 0.1) is 0 Å². The molecular weight excluding hydrogens is 230 g/mol. The lowest BCUT2D eigenvalue weighted by Crippen LogP contribution is -2.51. The van der Waals surface area contributed by atoms with Crippen molar-refractivity contribution in [1.82, 2.24) is 16.1 Å². The number of hydrogen-bond acceptors (Lipinski definition) is 3. The van der Waals surface area contributed by atoms with Gasteiger partial charge in [0.1, 0.15) is 6.04 Å². The Hall–Kier alpha value is -1.30. The lowest BCUT2D eigenvalue weighted by molar-refractivity contribution is -0.122. The third-order valence-corrected chi connectivity index (χ3v) is 3.12. The molecule has 104 valence electrons. The van der Waals surface area contributed by atoms with E-state index in [-0.39, 0.29) is 11.9 Å². The molecule has 0 aliphatic heterocycles. The minimum atomic E-state index is -0.344. The van der Waals surface area contributed by atoms with E-state index < -0.39 is 0 Å². The molecule has 1 rings (SSSR count). The third kappa shape index (κ3) is 4.91. The summed E-state index contributed by atoms with van der Waals surface area (Å²) in [5.74, 6) is 5.89. The second-order valence-corrected chi connectivity index (χ2v) is 4.67. The van der Waals surface area contributed by atoms with E-state index in [0.29, 0.717) is 18.5 Å². The topological polar surface area (TPSA) is 91.5 Å². The highest BCUT2D eigenvalue weighted by Gasteiger charge is 2.16. The summed E-state index contributed by atoms with van der Waals surface area (Å²) in [5.41, 5.74) is 2.54. The molecule has 0 bridgehead atoms. The van der Waals surface area contributed by atoms with Crippen molar-refractivity contribution < 1.29 is 4.79 Å². The van der Waals surface area contributed by atoms with Crippen molar-refractivity contribution in [3.63, 3.8) is 0 Å². The van der Waals surface area contributed by atoms with Crippen LogP contribution in [0.3, 0.4) is 0 Å². The first kappa shape index (κ1) is 14.8. The second kappa shape index (κ2) is 7.92. The first-order valence-corrected chi connectivity index (χ1v) is 6.76. The highest BCUT2D eigenvalue weighted by molar-refractivity contribution is 5.88. The van der Waals surface area contributed by atoms with Crippen LogP contribution in [0.2, 0.25) is 0 Å². The van der Waals surface area contributed by atoms with Gasteiger partial charge in [-0.2, -0.15) is 0 Å². The number of guanidine groups is 1. The minimum Gasteiger partial charge on any atom is -0.355 e. The maximum atomic E-state index is 11.6. The van der Waals surface area contributed by atoms with E-state index in [1.807, 2.05) is 6.92 Å². The zero-order valence-electron chi connectivity index (χ0n) is 11.3. The smallest absolute Gasteiger partial charge is 0.242 e. The van der Waals surface area contributed by atoms with Crippen molar-refractivity contribution in [1.29, 1.82) is 0 Å². The molecule has 1 atom stereocenters. The molecule has 0 spiro atoms. The summed E-state index contributed by atoms with van der Waals surface area (Å²) < 4.78 is 0. The Balaban J connectivity index is 2.49. The monoisotopic (exact) mass is 255 g/mol. The number of carbonyl (C=O) groups excluding carboxylic acids is 1. The average molecular weight is 255 g/mol. The molecule has 0 heterocycles. The largest absolute Gasteiger partial charge is 0.355 e. The van der Waals surface area contributed by atoms with Gasteiger partial charge in [0.05, 0.1) is 6.04 Å². The first-order valence-electron chi connectivity index (χ1n) is 6.76. The van der Waals surface area contributed by atoms with E-state index in [0.717, 1.165) is 12.8 Å². The molecule has 6 nitrogen and oxygen atoms in total. The molecule has 0 aromatic rings. The maximum Gasteiger partial charge on any atom is 0.242 e. The molecule has 0 aromatic heterocycles. The Morgan fingerprint density at radius 1 is 1.39 bits per heavy atom. The second-order valence-electron chi connectivity index (χ2n) is 4.67. The number of likely N-dealkylation sites (N-methyl/N-ethyl adjacent to an activating group) is 1. The summed E-state index contributed by atoms with van der Waals surface area (Å²) in [4.78, 5) is 16.1. The zero-order chi connectivity index (χ0) is 13.4. The highest BCUT2D eigenvalue weighted by atomic mass is 16.2. The maximum absolute atomic E-state index is 11.6. The summed E-state index contributed by atoms with van der Waals surface area (Å²) in [6.07, 6.45) is 5.93. The van der Waals surface area contributed by atoms with Gasteiger partial charge in [0.15, 0.2) is 0 Å². The van der Waals surface area contributed by atoms with Crippen LogP contribution in [0.25, 0.3) is 0 Å². The Morgan fingerprint density at radius 3 is 2.61 bits per heavy atom. The van der Waals surface area contributed by atoms with Gasteiger partial charge in [-0.05, 0) is 26.7 Å². The summed E-state index contributed by atoms with van der Waals surface area (Å²) in [6.45, 7) is 4.30. The Labute approximate surface area is 109 Å². The van der Waals surface area contributed by atoms with Gasteiger partial charge in [0.2, 0.25) is 11.9 Å². The minimum absolute atomic E-state index is 0.0518. The van der Waals surface area contributed by atoms with Crippen LogP contribution in [0.15, 0.2) is 4.99 Å². The van der Waals surface area contributed by atoms with Gasteiger partial charge in [-0.1, -0.05) is 19.3 Å². The zero-order valence-corrected chi connectivity index (χ0v) is 11.3. The summed E-state index contributed by atoms with van der Waals surface area (Å²) in [5, 5.41) is 5.75. The molecule has 1 fully saturated rings.